The molecule has 0 spiro atoms. The standard InChI is InChI=1S/C25H23N3O6S/c1-14(2)33-19-9-8-15(10-20(19)32-3)18-11-25(34-28-18,12-22(29)30)24(31)27-23-17(13-26)16-6-4-5-7-21(16)35-23/h4-10,14H,11-12H2,1-3H3,(H,27,31)(H,29,30). The van der Waals surface area contributed by atoms with E-state index in [2.05, 4.69) is 16.5 Å². The van der Waals surface area contributed by atoms with Crippen LogP contribution in [0, 0.1) is 11.3 Å². The summed E-state index contributed by atoms with van der Waals surface area (Å²) < 4.78 is 12.0. The number of nitrogens with one attached hydrogen (secondary N) is 1. The predicted octanol–water partition coefficient (Wildman–Crippen LogP) is 4.55. The van der Waals surface area contributed by atoms with Gasteiger partial charge in [0.1, 0.15) is 11.1 Å². The minimum atomic E-state index is -1.77. The van der Waals surface area contributed by atoms with E-state index in [9.17, 15) is 20.0 Å². The van der Waals surface area contributed by atoms with E-state index < -0.39 is 23.9 Å². The average Bonchev–Trinajstić information content (AvgIpc) is 3.40. The van der Waals surface area contributed by atoms with Crippen LogP contribution < -0.4 is 14.8 Å². The largest absolute Gasteiger partial charge is 0.493 e. The fourth-order valence-corrected chi connectivity index (χ4v) is 4.88. The molecule has 10 heteroatoms. The number of nitriles is 1. The summed E-state index contributed by atoms with van der Waals surface area (Å²) in [6.45, 7) is 3.80. The summed E-state index contributed by atoms with van der Waals surface area (Å²) in [5.41, 5.74) is -0.455. The quantitative estimate of drug-likeness (QED) is 0.471. The summed E-state index contributed by atoms with van der Waals surface area (Å²) in [4.78, 5) is 30.6. The molecule has 0 bridgehead atoms. The smallest absolute Gasteiger partial charge is 0.308 e. The molecule has 1 atom stereocenters. The van der Waals surface area contributed by atoms with Crippen LogP contribution in [0.1, 0.15) is 37.8 Å². The molecule has 1 aromatic heterocycles. The van der Waals surface area contributed by atoms with Gasteiger partial charge in [-0.25, -0.2) is 0 Å². The Kier molecular flexibility index (Phi) is 6.62. The third kappa shape index (κ3) is 4.76. The number of hydrogen-bond acceptors (Lipinski definition) is 8. The number of thiophene rings is 1. The van der Waals surface area contributed by atoms with Crippen LogP contribution in [-0.2, 0) is 14.4 Å². The minimum Gasteiger partial charge on any atom is -0.493 e. The minimum absolute atomic E-state index is 0.0546. The SMILES string of the molecule is COc1cc(C2=NOC(CC(=O)O)(C(=O)Nc3sc4ccccc4c3C#N)C2)ccc1OC(C)C. The van der Waals surface area contributed by atoms with Crippen molar-refractivity contribution in [3.8, 4) is 17.6 Å². The molecule has 0 aliphatic carbocycles. The number of fused-ring (bicyclic) bond motifs is 1. The first-order valence-corrected chi connectivity index (χ1v) is 11.6. The van der Waals surface area contributed by atoms with Gasteiger partial charge in [-0.1, -0.05) is 23.4 Å². The predicted molar refractivity (Wildman–Crippen MR) is 131 cm³/mol. The number of amides is 1. The van der Waals surface area contributed by atoms with Gasteiger partial charge in [0.2, 0.25) is 5.60 Å². The van der Waals surface area contributed by atoms with E-state index in [4.69, 9.17) is 14.3 Å². The summed E-state index contributed by atoms with van der Waals surface area (Å²) in [5, 5.41) is 27.0. The van der Waals surface area contributed by atoms with E-state index in [0.29, 0.717) is 38.7 Å². The van der Waals surface area contributed by atoms with Gasteiger partial charge in [0, 0.05) is 22.1 Å². The molecule has 3 aromatic rings. The molecular formula is C25H23N3O6S. The molecule has 35 heavy (non-hydrogen) atoms. The highest BCUT2D eigenvalue weighted by Crippen LogP contribution is 2.38. The topological polar surface area (TPSA) is 130 Å². The Labute approximate surface area is 205 Å². The van der Waals surface area contributed by atoms with Crippen molar-refractivity contribution >= 4 is 44.0 Å². The van der Waals surface area contributed by atoms with Crippen molar-refractivity contribution in [1.82, 2.24) is 0 Å². The molecule has 4 rings (SSSR count). The van der Waals surface area contributed by atoms with Crippen molar-refractivity contribution in [2.24, 2.45) is 5.16 Å². The lowest BCUT2D eigenvalue weighted by atomic mass is 9.90. The number of oxime groups is 1. The molecule has 9 nitrogen and oxygen atoms in total. The zero-order valence-electron chi connectivity index (χ0n) is 19.3. The molecule has 2 aromatic carbocycles. The Hall–Kier alpha value is -4.10. The molecule has 180 valence electrons. The lowest BCUT2D eigenvalue weighted by Crippen LogP contribution is -2.45. The monoisotopic (exact) mass is 493 g/mol. The summed E-state index contributed by atoms with van der Waals surface area (Å²) in [6.07, 6.45) is -0.739. The Morgan fingerprint density at radius 1 is 1.29 bits per heavy atom. The number of benzene rings is 2. The molecule has 1 aliphatic heterocycles. The van der Waals surface area contributed by atoms with Crippen molar-refractivity contribution in [2.45, 2.75) is 38.4 Å². The number of carboxylic acid groups (broad SMARTS) is 1. The molecule has 1 amide bonds. The summed E-state index contributed by atoms with van der Waals surface area (Å²) >= 11 is 1.24. The van der Waals surface area contributed by atoms with Crippen molar-refractivity contribution in [3.63, 3.8) is 0 Å². The Balaban J connectivity index is 1.62. The molecule has 2 heterocycles. The number of aliphatic carboxylic acids is 1. The van der Waals surface area contributed by atoms with Crippen molar-refractivity contribution in [2.75, 3.05) is 12.4 Å². The summed E-state index contributed by atoms with van der Waals surface area (Å²) in [7, 11) is 1.51. The summed E-state index contributed by atoms with van der Waals surface area (Å²) in [5.74, 6) is -0.878. The third-order valence-electron chi connectivity index (χ3n) is 5.43. The van der Waals surface area contributed by atoms with Crippen molar-refractivity contribution < 1.29 is 29.0 Å². The zero-order chi connectivity index (χ0) is 25.2. The molecule has 0 fully saturated rings. The van der Waals surface area contributed by atoms with Crippen LogP contribution in [0.5, 0.6) is 11.5 Å². The van der Waals surface area contributed by atoms with Crippen LogP contribution in [0.25, 0.3) is 10.1 Å². The van der Waals surface area contributed by atoms with Gasteiger partial charge in [-0.05, 0) is 38.1 Å². The average molecular weight is 494 g/mol. The highest BCUT2D eigenvalue weighted by molar-refractivity contribution is 7.23. The Morgan fingerprint density at radius 3 is 2.74 bits per heavy atom. The maximum atomic E-state index is 13.4. The first kappa shape index (κ1) is 24.0. The van der Waals surface area contributed by atoms with Crippen LogP contribution in [0.4, 0.5) is 5.00 Å². The molecule has 0 saturated heterocycles. The Bertz CT molecular complexity index is 1370. The van der Waals surface area contributed by atoms with E-state index >= 15 is 0 Å². The first-order chi connectivity index (χ1) is 16.8. The van der Waals surface area contributed by atoms with E-state index in [1.165, 1.54) is 18.4 Å². The number of anilines is 1. The van der Waals surface area contributed by atoms with Gasteiger partial charge in [0.05, 0.1) is 30.9 Å². The fourth-order valence-electron chi connectivity index (χ4n) is 3.83. The van der Waals surface area contributed by atoms with Crippen LogP contribution in [0.2, 0.25) is 0 Å². The summed E-state index contributed by atoms with van der Waals surface area (Å²) in [6, 6.07) is 14.6. The number of nitrogens with zero attached hydrogens (tertiary/aromatic N) is 2. The van der Waals surface area contributed by atoms with E-state index in [1.807, 2.05) is 26.0 Å². The second-order valence-corrected chi connectivity index (χ2v) is 9.32. The zero-order valence-corrected chi connectivity index (χ0v) is 20.1. The van der Waals surface area contributed by atoms with Gasteiger partial charge in [-0.15, -0.1) is 11.3 Å². The number of rotatable bonds is 8. The number of hydrogen-bond donors (Lipinski definition) is 2. The Morgan fingerprint density at radius 2 is 2.06 bits per heavy atom. The van der Waals surface area contributed by atoms with Crippen LogP contribution in [-0.4, -0.2) is 41.5 Å². The number of carbonyl (C=O) groups excluding carboxylic acids is 1. The fraction of sp³-hybridized carbons (Fsp3) is 0.280. The molecule has 2 N–H and O–H groups in total. The molecule has 0 saturated carbocycles. The number of ether oxygens (including phenoxy) is 2. The normalized spacial score (nSPS) is 16.9. The molecule has 1 aliphatic rings. The lowest BCUT2D eigenvalue weighted by molar-refractivity contribution is -0.152. The van der Waals surface area contributed by atoms with Crippen molar-refractivity contribution in [3.05, 3.63) is 53.6 Å². The maximum Gasteiger partial charge on any atom is 0.308 e. The third-order valence-corrected chi connectivity index (χ3v) is 6.51. The highest BCUT2D eigenvalue weighted by Gasteiger charge is 2.49. The van der Waals surface area contributed by atoms with Gasteiger partial charge < -0.3 is 24.7 Å². The lowest BCUT2D eigenvalue weighted by Gasteiger charge is -2.23. The number of methoxy groups -OCH3 is 1. The van der Waals surface area contributed by atoms with Crippen molar-refractivity contribution in [1.29, 1.82) is 5.26 Å². The van der Waals surface area contributed by atoms with Crippen LogP contribution in [0.3, 0.4) is 0 Å². The van der Waals surface area contributed by atoms with E-state index in [0.717, 1.165) is 4.70 Å². The molecule has 0 radical (unpaired) electrons. The van der Waals surface area contributed by atoms with Gasteiger partial charge in [0.25, 0.3) is 5.91 Å². The van der Waals surface area contributed by atoms with E-state index in [-0.39, 0.29) is 12.5 Å². The molecular weight excluding hydrogens is 470 g/mol. The first-order valence-electron chi connectivity index (χ1n) is 10.8. The second kappa shape index (κ2) is 9.64. The van der Waals surface area contributed by atoms with Gasteiger partial charge >= 0.3 is 5.97 Å². The van der Waals surface area contributed by atoms with Gasteiger partial charge in [0.15, 0.2) is 11.5 Å². The van der Waals surface area contributed by atoms with Crippen LogP contribution in [0.15, 0.2) is 47.6 Å². The number of carbonyl (C=O) groups is 2. The maximum absolute atomic E-state index is 13.4. The van der Waals surface area contributed by atoms with Crippen LogP contribution >= 0.6 is 11.3 Å². The number of carboxylic acids is 1. The van der Waals surface area contributed by atoms with Gasteiger partial charge in [-0.2, -0.15) is 5.26 Å². The van der Waals surface area contributed by atoms with Gasteiger partial charge in [-0.3, -0.25) is 9.59 Å². The van der Waals surface area contributed by atoms with E-state index in [1.54, 1.807) is 30.3 Å². The second-order valence-electron chi connectivity index (χ2n) is 8.27. The highest BCUT2D eigenvalue weighted by atomic mass is 32.1. The molecule has 1 unspecified atom stereocenters.